The molecule has 3 heterocycles. The SMILES string of the molecule is CCNC(=NCc1ncc(CC)s1)NC1CCCn2nc(C)nc21. The van der Waals surface area contributed by atoms with Gasteiger partial charge < -0.3 is 10.6 Å². The third kappa shape index (κ3) is 3.92. The summed E-state index contributed by atoms with van der Waals surface area (Å²) in [6.07, 6.45) is 5.11. The van der Waals surface area contributed by atoms with E-state index in [2.05, 4.69) is 39.5 Å². The predicted molar refractivity (Wildman–Crippen MR) is 96.2 cm³/mol. The third-order valence-electron chi connectivity index (χ3n) is 3.96. The van der Waals surface area contributed by atoms with Crippen molar-refractivity contribution in [3.63, 3.8) is 0 Å². The van der Waals surface area contributed by atoms with Crippen LogP contribution in [0.2, 0.25) is 0 Å². The van der Waals surface area contributed by atoms with Gasteiger partial charge in [0.1, 0.15) is 16.7 Å². The van der Waals surface area contributed by atoms with E-state index in [1.54, 1.807) is 11.3 Å². The van der Waals surface area contributed by atoms with Crippen molar-refractivity contribution in [1.82, 2.24) is 30.4 Å². The molecular formula is C16H25N7S. The molecule has 2 N–H and O–H groups in total. The monoisotopic (exact) mass is 347 g/mol. The topological polar surface area (TPSA) is 80.0 Å². The van der Waals surface area contributed by atoms with Crippen LogP contribution in [0.5, 0.6) is 0 Å². The van der Waals surface area contributed by atoms with E-state index < -0.39 is 0 Å². The van der Waals surface area contributed by atoms with E-state index in [9.17, 15) is 0 Å². The Morgan fingerprint density at radius 1 is 1.46 bits per heavy atom. The van der Waals surface area contributed by atoms with Crippen molar-refractivity contribution in [2.24, 2.45) is 4.99 Å². The lowest BCUT2D eigenvalue weighted by atomic mass is 10.1. The zero-order valence-electron chi connectivity index (χ0n) is 14.5. The number of nitrogens with zero attached hydrogens (tertiary/aromatic N) is 5. The molecule has 0 saturated carbocycles. The van der Waals surface area contributed by atoms with Gasteiger partial charge in [0.25, 0.3) is 0 Å². The molecule has 1 atom stereocenters. The number of guanidine groups is 1. The standard InChI is InChI=1S/C16H25N7S/c1-4-12-9-18-14(24-12)10-19-16(17-5-2)21-13-7-6-8-23-15(13)20-11(3)22-23/h9,13H,4-8,10H2,1-3H3,(H2,17,19,21). The van der Waals surface area contributed by atoms with Gasteiger partial charge in [-0.1, -0.05) is 6.92 Å². The van der Waals surface area contributed by atoms with Crippen molar-refractivity contribution in [2.45, 2.75) is 59.2 Å². The average molecular weight is 347 g/mol. The Labute approximate surface area is 146 Å². The summed E-state index contributed by atoms with van der Waals surface area (Å²) in [6.45, 7) is 8.52. The fourth-order valence-corrected chi connectivity index (χ4v) is 3.61. The van der Waals surface area contributed by atoms with Crippen molar-refractivity contribution in [3.8, 4) is 0 Å². The quantitative estimate of drug-likeness (QED) is 0.640. The molecule has 0 aliphatic carbocycles. The lowest BCUT2D eigenvalue weighted by molar-refractivity contribution is 0.397. The summed E-state index contributed by atoms with van der Waals surface area (Å²) in [5.74, 6) is 2.65. The summed E-state index contributed by atoms with van der Waals surface area (Å²) in [4.78, 5) is 15.0. The number of aryl methyl sites for hydroxylation is 3. The molecule has 24 heavy (non-hydrogen) atoms. The van der Waals surface area contributed by atoms with Crippen LogP contribution in [0.25, 0.3) is 0 Å². The highest BCUT2D eigenvalue weighted by Gasteiger charge is 2.24. The van der Waals surface area contributed by atoms with Crippen molar-refractivity contribution >= 4 is 17.3 Å². The number of aliphatic imine (C=N–C) groups is 1. The highest BCUT2D eigenvalue weighted by atomic mass is 32.1. The molecule has 2 aromatic heterocycles. The zero-order chi connectivity index (χ0) is 16.9. The number of nitrogens with one attached hydrogen (secondary N) is 2. The Hall–Kier alpha value is -1.96. The molecule has 0 bridgehead atoms. The zero-order valence-corrected chi connectivity index (χ0v) is 15.4. The molecule has 1 aliphatic rings. The van der Waals surface area contributed by atoms with E-state index in [0.717, 1.165) is 55.0 Å². The molecule has 8 heteroatoms. The number of fused-ring (bicyclic) bond motifs is 1. The maximum absolute atomic E-state index is 4.69. The Morgan fingerprint density at radius 3 is 3.08 bits per heavy atom. The maximum atomic E-state index is 4.69. The van der Waals surface area contributed by atoms with Gasteiger partial charge in [-0.2, -0.15) is 5.10 Å². The lowest BCUT2D eigenvalue weighted by Gasteiger charge is -2.24. The van der Waals surface area contributed by atoms with Gasteiger partial charge in [0.05, 0.1) is 12.6 Å². The van der Waals surface area contributed by atoms with E-state index >= 15 is 0 Å². The first-order valence-electron chi connectivity index (χ1n) is 8.59. The van der Waals surface area contributed by atoms with Crippen molar-refractivity contribution in [2.75, 3.05) is 6.54 Å². The second-order valence-corrected chi connectivity index (χ2v) is 7.05. The van der Waals surface area contributed by atoms with Crippen molar-refractivity contribution < 1.29 is 0 Å². The molecule has 7 nitrogen and oxygen atoms in total. The van der Waals surface area contributed by atoms with Gasteiger partial charge in [0.15, 0.2) is 5.96 Å². The highest BCUT2D eigenvalue weighted by molar-refractivity contribution is 7.11. The van der Waals surface area contributed by atoms with E-state index in [1.165, 1.54) is 4.88 Å². The minimum absolute atomic E-state index is 0.153. The van der Waals surface area contributed by atoms with Crippen molar-refractivity contribution in [3.05, 3.63) is 27.7 Å². The number of hydrogen-bond acceptors (Lipinski definition) is 5. The van der Waals surface area contributed by atoms with Crippen LogP contribution in [-0.2, 0) is 19.5 Å². The number of rotatable bonds is 5. The van der Waals surface area contributed by atoms with Gasteiger partial charge >= 0.3 is 0 Å². The average Bonchev–Trinajstić information content (AvgIpc) is 3.18. The summed E-state index contributed by atoms with van der Waals surface area (Å²) in [5.41, 5.74) is 0. The van der Waals surface area contributed by atoms with Gasteiger partial charge in [0, 0.05) is 24.2 Å². The van der Waals surface area contributed by atoms with Crippen LogP contribution in [0, 0.1) is 6.92 Å². The Balaban J connectivity index is 1.70. The largest absolute Gasteiger partial charge is 0.357 e. The lowest BCUT2D eigenvalue weighted by Crippen LogP contribution is -2.41. The first-order chi connectivity index (χ1) is 11.7. The molecule has 3 rings (SSSR count). The normalized spacial score (nSPS) is 17.6. The molecule has 0 amide bonds. The summed E-state index contributed by atoms with van der Waals surface area (Å²) in [7, 11) is 0. The van der Waals surface area contributed by atoms with Crippen LogP contribution >= 0.6 is 11.3 Å². The van der Waals surface area contributed by atoms with Gasteiger partial charge in [-0.15, -0.1) is 11.3 Å². The van der Waals surface area contributed by atoms with E-state index in [0.29, 0.717) is 6.54 Å². The van der Waals surface area contributed by atoms with Crippen LogP contribution in [0.3, 0.4) is 0 Å². The van der Waals surface area contributed by atoms with Gasteiger partial charge in [-0.25, -0.2) is 19.6 Å². The summed E-state index contributed by atoms with van der Waals surface area (Å²) in [5, 5.41) is 12.3. The van der Waals surface area contributed by atoms with Gasteiger partial charge in [-0.3, -0.25) is 0 Å². The molecule has 0 fully saturated rings. The number of thiazole rings is 1. The second-order valence-electron chi connectivity index (χ2n) is 5.85. The van der Waals surface area contributed by atoms with Crippen molar-refractivity contribution in [1.29, 1.82) is 0 Å². The molecule has 130 valence electrons. The summed E-state index contributed by atoms with van der Waals surface area (Å²) < 4.78 is 2.01. The fraction of sp³-hybridized carbons (Fsp3) is 0.625. The van der Waals surface area contributed by atoms with Gasteiger partial charge in [-0.05, 0) is 33.1 Å². The third-order valence-corrected chi connectivity index (χ3v) is 5.08. The Kier molecular flexibility index (Phi) is 5.44. The van der Waals surface area contributed by atoms with E-state index in [-0.39, 0.29) is 6.04 Å². The molecule has 0 radical (unpaired) electrons. The van der Waals surface area contributed by atoms with Crippen LogP contribution in [-0.4, -0.2) is 32.3 Å². The Bertz CT molecular complexity index is 703. The minimum atomic E-state index is 0.153. The number of aromatic nitrogens is 4. The van der Waals surface area contributed by atoms with Crippen LogP contribution in [0.15, 0.2) is 11.2 Å². The minimum Gasteiger partial charge on any atom is -0.357 e. The van der Waals surface area contributed by atoms with Crippen LogP contribution in [0.4, 0.5) is 0 Å². The van der Waals surface area contributed by atoms with Crippen LogP contribution in [0.1, 0.15) is 54.3 Å². The molecule has 1 aliphatic heterocycles. The molecular weight excluding hydrogens is 322 g/mol. The van der Waals surface area contributed by atoms with Gasteiger partial charge in [0.2, 0.25) is 0 Å². The molecule has 0 aromatic carbocycles. The first kappa shape index (κ1) is 16.9. The summed E-state index contributed by atoms with van der Waals surface area (Å²) in [6, 6.07) is 0.153. The molecule has 0 spiro atoms. The number of hydrogen-bond donors (Lipinski definition) is 2. The molecule has 2 aromatic rings. The smallest absolute Gasteiger partial charge is 0.192 e. The Morgan fingerprint density at radius 2 is 2.33 bits per heavy atom. The predicted octanol–water partition coefficient (Wildman–Crippen LogP) is 2.20. The maximum Gasteiger partial charge on any atom is 0.192 e. The first-order valence-corrected chi connectivity index (χ1v) is 9.41. The van der Waals surface area contributed by atoms with E-state index in [1.807, 2.05) is 17.8 Å². The fourth-order valence-electron chi connectivity index (χ4n) is 2.82. The molecule has 0 saturated heterocycles. The highest BCUT2D eigenvalue weighted by Crippen LogP contribution is 2.23. The van der Waals surface area contributed by atoms with Crippen LogP contribution < -0.4 is 10.6 Å². The van der Waals surface area contributed by atoms with E-state index in [4.69, 9.17) is 4.99 Å². The second kappa shape index (κ2) is 7.74. The summed E-state index contributed by atoms with van der Waals surface area (Å²) >= 11 is 1.73. The molecule has 1 unspecified atom stereocenters.